The quantitative estimate of drug-likeness (QED) is 0.896. The second-order valence-electron chi connectivity index (χ2n) is 4.16. The minimum Gasteiger partial charge on any atom is -0.326 e. The van der Waals surface area contributed by atoms with Crippen molar-refractivity contribution in [2.24, 2.45) is 0 Å². The Morgan fingerprint density at radius 1 is 1.58 bits per heavy atom. The molecule has 1 fully saturated rings. The first-order valence-electron chi connectivity index (χ1n) is 5.77. The normalized spacial score (nSPS) is 17.8. The molecule has 0 saturated carbocycles. The van der Waals surface area contributed by atoms with Gasteiger partial charge in [-0.25, -0.2) is 0 Å². The lowest BCUT2D eigenvalue weighted by Crippen LogP contribution is -2.39. The SMILES string of the molecule is Cc1cc(NC(=O)CC2CSCCN2)ccn1.Cl.Cl. The molecule has 2 N–H and O–H groups in total. The number of anilines is 1. The van der Waals surface area contributed by atoms with E-state index >= 15 is 0 Å². The molecule has 1 atom stereocenters. The third kappa shape index (κ3) is 6.47. The van der Waals surface area contributed by atoms with Crippen LogP contribution in [0, 0.1) is 6.92 Å². The molecule has 1 aliphatic heterocycles. The van der Waals surface area contributed by atoms with Crippen molar-refractivity contribution in [2.45, 2.75) is 19.4 Å². The van der Waals surface area contributed by atoms with E-state index in [2.05, 4.69) is 15.6 Å². The van der Waals surface area contributed by atoms with Gasteiger partial charge in [0.1, 0.15) is 0 Å². The standard InChI is InChI=1S/C12H17N3OS.2ClH/c1-9-6-10(2-3-13-9)15-12(16)7-11-8-17-5-4-14-11;;/h2-3,6,11,14H,4-5,7-8H2,1H3,(H,13,15,16);2*1H. The van der Waals surface area contributed by atoms with Gasteiger partial charge in [-0.3, -0.25) is 9.78 Å². The van der Waals surface area contributed by atoms with Crippen molar-refractivity contribution < 1.29 is 4.79 Å². The van der Waals surface area contributed by atoms with Gasteiger partial charge < -0.3 is 10.6 Å². The topological polar surface area (TPSA) is 54.0 Å². The van der Waals surface area contributed by atoms with E-state index in [1.54, 1.807) is 6.20 Å². The summed E-state index contributed by atoms with van der Waals surface area (Å²) in [6.45, 7) is 2.91. The summed E-state index contributed by atoms with van der Waals surface area (Å²) in [6, 6.07) is 3.99. The number of hydrogen-bond donors (Lipinski definition) is 2. The van der Waals surface area contributed by atoms with E-state index in [0.29, 0.717) is 12.5 Å². The summed E-state index contributed by atoms with van der Waals surface area (Å²) in [6.07, 6.45) is 2.24. The van der Waals surface area contributed by atoms with Crippen LogP contribution >= 0.6 is 36.6 Å². The predicted octanol–water partition coefficient (Wildman–Crippen LogP) is 2.27. The van der Waals surface area contributed by atoms with E-state index in [9.17, 15) is 4.79 Å². The van der Waals surface area contributed by atoms with Gasteiger partial charge in [-0.15, -0.1) is 24.8 Å². The fourth-order valence-corrected chi connectivity index (χ4v) is 2.76. The lowest BCUT2D eigenvalue weighted by molar-refractivity contribution is -0.116. The first-order valence-corrected chi connectivity index (χ1v) is 6.93. The van der Waals surface area contributed by atoms with Gasteiger partial charge >= 0.3 is 0 Å². The zero-order valence-corrected chi connectivity index (χ0v) is 13.2. The molecule has 108 valence electrons. The van der Waals surface area contributed by atoms with Gasteiger partial charge in [0.15, 0.2) is 0 Å². The van der Waals surface area contributed by atoms with Gasteiger partial charge in [0.2, 0.25) is 5.91 Å². The minimum atomic E-state index is 0. The maximum Gasteiger partial charge on any atom is 0.225 e. The number of nitrogens with one attached hydrogen (secondary N) is 2. The number of carbonyl (C=O) groups is 1. The smallest absolute Gasteiger partial charge is 0.225 e. The molecule has 1 amide bonds. The third-order valence-corrected chi connectivity index (χ3v) is 3.74. The van der Waals surface area contributed by atoms with Crippen LogP contribution in [0.4, 0.5) is 5.69 Å². The first kappa shape index (κ1) is 18.5. The number of nitrogens with zero attached hydrogens (tertiary/aromatic N) is 1. The number of hydrogen-bond acceptors (Lipinski definition) is 4. The molecule has 0 radical (unpaired) electrons. The average Bonchev–Trinajstić information content (AvgIpc) is 2.30. The van der Waals surface area contributed by atoms with Gasteiger partial charge in [-0.2, -0.15) is 11.8 Å². The molecule has 0 bridgehead atoms. The summed E-state index contributed by atoms with van der Waals surface area (Å²) >= 11 is 1.90. The van der Waals surface area contributed by atoms with Crippen molar-refractivity contribution in [3.05, 3.63) is 24.0 Å². The number of amides is 1. The van der Waals surface area contributed by atoms with Crippen LogP contribution in [-0.4, -0.2) is 35.0 Å². The maximum absolute atomic E-state index is 11.8. The van der Waals surface area contributed by atoms with E-state index in [0.717, 1.165) is 29.4 Å². The van der Waals surface area contributed by atoms with Crippen molar-refractivity contribution in [3.8, 4) is 0 Å². The summed E-state index contributed by atoms with van der Waals surface area (Å²) in [5.74, 6) is 2.22. The molecule has 2 heterocycles. The van der Waals surface area contributed by atoms with Crippen LogP contribution in [0.2, 0.25) is 0 Å². The molecule has 1 aromatic heterocycles. The highest BCUT2D eigenvalue weighted by Crippen LogP contribution is 2.12. The molecule has 1 unspecified atom stereocenters. The van der Waals surface area contributed by atoms with Gasteiger partial charge in [0, 0.05) is 48.1 Å². The summed E-state index contributed by atoms with van der Waals surface area (Å²) in [7, 11) is 0. The first-order chi connectivity index (χ1) is 8.24. The molecule has 19 heavy (non-hydrogen) atoms. The van der Waals surface area contributed by atoms with Crippen molar-refractivity contribution in [3.63, 3.8) is 0 Å². The highest BCUT2D eigenvalue weighted by Gasteiger charge is 2.16. The number of aromatic nitrogens is 1. The highest BCUT2D eigenvalue weighted by molar-refractivity contribution is 7.99. The lowest BCUT2D eigenvalue weighted by atomic mass is 10.2. The molecule has 1 aliphatic rings. The van der Waals surface area contributed by atoms with Crippen LogP contribution in [0.25, 0.3) is 0 Å². The fraction of sp³-hybridized carbons (Fsp3) is 0.500. The van der Waals surface area contributed by atoms with Gasteiger partial charge in [0.25, 0.3) is 0 Å². The monoisotopic (exact) mass is 323 g/mol. The molecule has 2 rings (SSSR count). The molecule has 4 nitrogen and oxygen atoms in total. The number of thioether (sulfide) groups is 1. The molecule has 7 heteroatoms. The summed E-state index contributed by atoms with van der Waals surface area (Å²) in [5.41, 5.74) is 1.74. The van der Waals surface area contributed by atoms with Gasteiger partial charge in [-0.05, 0) is 19.1 Å². The van der Waals surface area contributed by atoms with E-state index in [1.165, 1.54) is 0 Å². The zero-order chi connectivity index (χ0) is 12.1. The molecule has 1 saturated heterocycles. The lowest BCUT2D eigenvalue weighted by Gasteiger charge is -2.22. The molecule has 0 aromatic carbocycles. The van der Waals surface area contributed by atoms with Crippen LogP contribution in [-0.2, 0) is 4.79 Å². The summed E-state index contributed by atoms with van der Waals surface area (Å²) in [4.78, 5) is 15.9. The Morgan fingerprint density at radius 2 is 2.37 bits per heavy atom. The molecule has 1 aromatic rings. The van der Waals surface area contributed by atoms with Crippen LogP contribution in [0.15, 0.2) is 18.3 Å². The van der Waals surface area contributed by atoms with E-state index in [1.807, 2.05) is 30.8 Å². The van der Waals surface area contributed by atoms with E-state index in [4.69, 9.17) is 0 Å². The van der Waals surface area contributed by atoms with Crippen molar-refractivity contribution in [1.29, 1.82) is 0 Å². The Labute approximate surface area is 130 Å². The number of halogens is 2. The summed E-state index contributed by atoms with van der Waals surface area (Å²) < 4.78 is 0. The highest BCUT2D eigenvalue weighted by atomic mass is 35.5. The van der Waals surface area contributed by atoms with Gasteiger partial charge in [-0.1, -0.05) is 0 Å². The predicted molar refractivity (Wildman–Crippen MR) is 85.8 cm³/mol. The second kappa shape index (κ2) is 9.42. The Hall–Kier alpha value is -0.490. The van der Waals surface area contributed by atoms with Crippen molar-refractivity contribution >= 4 is 48.2 Å². The Morgan fingerprint density at radius 3 is 3.00 bits per heavy atom. The van der Waals surface area contributed by atoms with Crippen LogP contribution < -0.4 is 10.6 Å². The summed E-state index contributed by atoms with van der Waals surface area (Å²) in [5, 5.41) is 6.25. The van der Waals surface area contributed by atoms with Crippen LogP contribution in [0.5, 0.6) is 0 Å². The van der Waals surface area contributed by atoms with E-state index in [-0.39, 0.29) is 30.7 Å². The Balaban J connectivity index is 0.00000162. The second-order valence-corrected chi connectivity index (χ2v) is 5.31. The zero-order valence-electron chi connectivity index (χ0n) is 10.7. The Bertz CT molecular complexity index is 400. The third-order valence-electron chi connectivity index (χ3n) is 2.61. The molecular weight excluding hydrogens is 305 g/mol. The van der Waals surface area contributed by atoms with Crippen molar-refractivity contribution in [1.82, 2.24) is 10.3 Å². The van der Waals surface area contributed by atoms with Crippen LogP contribution in [0.1, 0.15) is 12.1 Å². The number of pyridine rings is 1. The number of rotatable bonds is 3. The minimum absolute atomic E-state index is 0. The number of aryl methyl sites for hydroxylation is 1. The fourth-order valence-electron chi connectivity index (χ4n) is 1.81. The Kier molecular flexibility index (Phi) is 9.18. The van der Waals surface area contributed by atoms with E-state index < -0.39 is 0 Å². The van der Waals surface area contributed by atoms with Gasteiger partial charge in [0.05, 0.1) is 0 Å². The maximum atomic E-state index is 11.8. The molecule has 0 spiro atoms. The average molecular weight is 324 g/mol. The number of carbonyl (C=O) groups excluding carboxylic acids is 1. The van der Waals surface area contributed by atoms with Crippen LogP contribution in [0.3, 0.4) is 0 Å². The van der Waals surface area contributed by atoms with Crippen molar-refractivity contribution in [2.75, 3.05) is 23.4 Å². The largest absolute Gasteiger partial charge is 0.326 e. The molecular formula is C12H19Cl2N3OS. The molecule has 0 aliphatic carbocycles.